The lowest BCUT2D eigenvalue weighted by molar-refractivity contribution is -0.144. The highest BCUT2D eigenvalue weighted by molar-refractivity contribution is 6.33. The van der Waals surface area contributed by atoms with Gasteiger partial charge in [-0.3, -0.25) is 9.59 Å². The van der Waals surface area contributed by atoms with Gasteiger partial charge in [-0.15, -0.1) is 0 Å². The molecule has 2 aromatic rings. The number of halogens is 4. The number of aliphatic imine (C=N–C) groups is 1. The molecule has 0 aliphatic carbocycles. The number of piperidine rings is 3. The van der Waals surface area contributed by atoms with E-state index in [1.807, 2.05) is 25.1 Å². The minimum Gasteiger partial charge on any atom is -0.466 e. The van der Waals surface area contributed by atoms with Crippen LogP contribution in [0.3, 0.4) is 0 Å². The maximum absolute atomic E-state index is 14.1. The largest absolute Gasteiger partial charge is 0.466 e. The molecule has 0 aromatic heterocycles. The third-order valence-electron chi connectivity index (χ3n) is 11.6. The summed E-state index contributed by atoms with van der Waals surface area (Å²) in [6.07, 6.45) is -2.02. The Bertz CT molecular complexity index is 1800. The number of rotatable bonds is 14. The van der Waals surface area contributed by atoms with Gasteiger partial charge < -0.3 is 45.9 Å². The van der Waals surface area contributed by atoms with Gasteiger partial charge in [0.15, 0.2) is 6.10 Å². The lowest BCUT2D eigenvalue weighted by atomic mass is 9.78. The molecule has 0 unspecified atom stereocenters. The summed E-state index contributed by atoms with van der Waals surface area (Å²) in [6, 6.07) is 10.0. The summed E-state index contributed by atoms with van der Waals surface area (Å²) in [5.41, 5.74) is 10.5. The van der Waals surface area contributed by atoms with Gasteiger partial charge in [0.1, 0.15) is 5.84 Å². The molecule has 2 aromatic carbocycles. The van der Waals surface area contributed by atoms with E-state index in [0.29, 0.717) is 62.9 Å². The number of likely N-dealkylation sites (tertiary alicyclic amines) is 3. The zero-order valence-corrected chi connectivity index (χ0v) is 35.2. The van der Waals surface area contributed by atoms with E-state index in [0.717, 1.165) is 57.8 Å². The highest BCUT2D eigenvalue weighted by Crippen LogP contribution is 2.38. The quantitative estimate of drug-likeness (QED) is 0.0733. The first-order chi connectivity index (χ1) is 28.6. The summed E-state index contributed by atoms with van der Waals surface area (Å²) in [5, 5.41) is 2.49. The molecule has 1 atom stereocenters. The number of urea groups is 1. The van der Waals surface area contributed by atoms with Crippen molar-refractivity contribution in [1.82, 2.24) is 24.9 Å². The molecule has 4 amide bonds. The third kappa shape index (κ3) is 13.7. The van der Waals surface area contributed by atoms with Gasteiger partial charge in [-0.1, -0.05) is 41.9 Å². The fraction of sp³-hybridized carbons (Fsp3) is 0.595. The molecule has 5 N–H and O–H groups in total. The molecule has 0 radical (unpaired) electrons. The Labute approximate surface area is 354 Å². The number of nitrogens with two attached hydrogens (primary N) is 2. The van der Waals surface area contributed by atoms with Crippen LogP contribution in [-0.4, -0.2) is 135 Å². The van der Waals surface area contributed by atoms with Crippen LogP contribution in [0.5, 0.6) is 0 Å². The van der Waals surface area contributed by atoms with Gasteiger partial charge in [0.2, 0.25) is 0 Å². The van der Waals surface area contributed by atoms with Crippen LogP contribution in [0.2, 0.25) is 5.02 Å². The van der Waals surface area contributed by atoms with E-state index in [1.54, 1.807) is 29.2 Å². The Morgan fingerprint density at radius 2 is 1.55 bits per heavy atom. The SMILES string of the molecule is CN(C)CCCOC(=O)CCN1CCC(C2CCN(C(=O)[C@@H](Cc3cc(Cl)c(N)c(C(F)(F)F)c3)OC(=O)N3CCC(NC(=O)N=C(N)c4ccccc4)CC3)CC2)CC1. The molecule has 14 nitrogen and oxygen atoms in total. The molecule has 3 saturated heterocycles. The second-order valence-electron chi connectivity index (χ2n) is 16.2. The standard InChI is InChI=1S/C42H58ClF3N8O6/c1-51(2)16-6-24-59-36(55)15-19-52-17-9-29(10-18-52)30-11-20-53(21-12-30)39(56)35(27-28-25-33(42(44,45)46)37(47)34(43)26-28)60-41(58)54-22-13-32(14-23-54)49-40(57)50-38(48)31-7-4-3-5-8-31/h3-5,7-8,25-26,29-30,32,35H,6,9-24,27,47H2,1-2H3,(H3,48,49,50,57)/t35-/m1/s1. The number of carbonyl (C=O) groups excluding carboxylic acids is 4. The Morgan fingerprint density at radius 1 is 0.933 bits per heavy atom. The number of amidine groups is 1. The summed E-state index contributed by atoms with van der Waals surface area (Å²) >= 11 is 6.13. The van der Waals surface area contributed by atoms with E-state index in [2.05, 4.69) is 15.2 Å². The summed E-state index contributed by atoms with van der Waals surface area (Å²) in [5.74, 6) is 0.232. The average molecular weight is 863 g/mol. The summed E-state index contributed by atoms with van der Waals surface area (Å²) in [4.78, 5) is 63.8. The van der Waals surface area contributed by atoms with Gasteiger partial charge in [-0.05, 0) is 102 Å². The summed E-state index contributed by atoms with van der Waals surface area (Å²) in [6.45, 7) is 4.90. The highest BCUT2D eigenvalue weighted by atomic mass is 35.5. The Morgan fingerprint density at radius 3 is 2.17 bits per heavy atom. The number of nitrogens with one attached hydrogen (secondary N) is 1. The third-order valence-corrected chi connectivity index (χ3v) is 11.9. The minimum absolute atomic E-state index is 0.0451. The van der Waals surface area contributed by atoms with Crippen LogP contribution < -0.4 is 16.8 Å². The maximum Gasteiger partial charge on any atom is 0.418 e. The Kier molecular flexibility index (Phi) is 16.9. The van der Waals surface area contributed by atoms with Crippen LogP contribution in [0.1, 0.15) is 68.1 Å². The Hall–Kier alpha value is -4.61. The first-order valence-electron chi connectivity index (χ1n) is 20.7. The van der Waals surface area contributed by atoms with E-state index in [4.69, 9.17) is 32.5 Å². The molecule has 0 spiro atoms. The smallest absolute Gasteiger partial charge is 0.418 e. The molecule has 60 heavy (non-hydrogen) atoms. The van der Waals surface area contributed by atoms with E-state index in [-0.39, 0.29) is 47.9 Å². The van der Waals surface area contributed by atoms with Crippen molar-refractivity contribution in [3.8, 4) is 0 Å². The number of benzene rings is 2. The number of hydrogen-bond acceptors (Lipinski definition) is 9. The normalized spacial score (nSPS) is 18.4. The number of anilines is 1. The van der Waals surface area contributed by atoms with Crippen LogP contribution in [0.4, 0.5) is 28.4 Å². The van der Waals surface area contributed by atoms with Crippen molar-refractivity contribution in [3.05, 3.63) is 64.2 Å². The lowest BCUT2D eigenvalue weighted by Crippen LogP contribution is -2.50. The maximum atomic E-state index is 14.1. The number of hydrogen-bond donors (Lipinski definition) is 3. The van der Waals surface area contributed by atoms with Crippen molar-refractivity contribution in [2.75, 3.05) is 78.8 Å². The number of esters is 1. The van der Waals surface area contributed by atoms with Crippen molar-refractivity contribution in [1.29, 1.82) is 0 Å². The van der Waals surface area contributed by atoms with Gasteiger partial charge in [-0.25, -0.2) is 9.59 Å². The van der Waals surface area contributed by atoms with Crippen LogP contribution in [-0.2, 0) is 31.7 Å². The summed E-state index contributed by atoms with van der Waals surface area (Å²) < 4.78 is 52.9. The molecular formula is C42H58ClF3N8O6. The van der Waals surface area contributed by atoms with E-state index in [9.17, 15) is 32.3 Å². The number of nitrogen functional groups attached to an aromatic ring is 1. The number of nitrogens with zero attached hydrogens (tertiary/aromatic N) is 5. The van der Waals surface area contributed by atoms with Crippen LogP contribution in [0, 0.1) is 11.8 Å². The van der Waals surface area contributed by atoms with Crippen molar-refractivity contribution < 1.29 is 41.8 Å². The van der Waals surface area contributed by atoms with Crippen molar-refractivity contribution in [2.24, 2.45) is 22.6 Å². The lowest BCUT2D eigenvalue weighted by Gasteiger charge is -2.41. The van der Waals surface area contributed by atoms with E-state index >= 15 is 0 Å². The zero-order chi connectivity index (χ0) is 43.4. The molecule has 3 aliphatic rings. The highest BCUT2D eigenvalue weighted by Gasteiger charge is 2.38. The zero-order valence-electron chi connectivity index (χ0n) is 34.4. The van der Waals surface area contributed by atoms with Crippen LogP contribution >= 0.6 is 11.6 Å². The molecule has 3 heterocycles. The Balaban J connectivity index is 1.15. The van der Waals surface area contributed by atoms with E-state index < -0.39 is 41.6 Å². The molecule has 330 valence electrons. The number of ether oxygens (including phenoxy) is 2. The predicted octanol–water partition coefficient (Wildman–Crippen LogP) is 5.40. The predicted molar refractivity (Wildman–Crippen MR) is 222 cm³/mol. The molecular weight excluding hydrogens is 805 g/mol. The first-order valence-corrected chi connectivity index (χ1v) is 21.1. The second kappa shape index (κ2) is 21.8. The van der Waals surface area contributed by atoms with Crippen molar-refractivity contribution >= 4 is 47.1 Å². The molecule has 3 fully saturated rings. The molecule has 3 aliphatic heterocycles. The first kappa shape index (κ1) is 46.5. The van der Waals surface area contributed by atoms with Gasteiger partial charge in [0, 0.05) is 57.3 Å². The second-order valence-corrected chi connectivity index (χ2v) is 16.6. The molecule has 0 bridgehead atoms. The molecule has 0 saturated carbocycles. The van der Waals surface area contributed by atoms with E-state index in [1.165, 1.54) is 11.0 Å². The van der Waals surface area contributed by atoms with Gasteiger partial charge in [0.25, 0.3) is 5.91 Å². The molecule has 18 heteroatoms. The van der Waals surface area contributed by atoms with Crippen LogP contribution in [0.15, 0.2) is 47.5 Å². The van der Waals surface area contributed by atoms with Gasteiger partial charge >= 0.3 is 24.3 Å². The molecule has 5 rings (SSSR count). The van der Waals surface area contributed by atoms with Gasteiger partial charge in [0.05, 0.1) is 29.3 Å². The van der Waals surface area contributed by atoms with Crippen LogP contribution in [0.25, 0.3) is 0 Å². The topological polar surface area (TPSA) is 176 Å². The number of amides is 4. The summed E-state index contributed by atoms with van der Waals surface area (Å²) in [7, 11) is 3.96. The average Bonchev–Trinajstić information content (AvgIpc) is 3.22. The van der Waals surface area contributed by atoms with Crippen molar-refractivity contribution in [3.63, 3.8) is 0 Å². The monoisotopic (exact) mass is 862 g/mol. The number of alkyl halides is 3. The van der Waals surface area contributed by atoms with Gasteiger partial charge in [-0.2, -0.15) is 18.2 Å². The minimum atomic E-state index is -4.80. The number of carbonyl (C=O) groups is 4. The fourth-order valence-corrected chi connectivity index (χ4v) is 8.39. The van der Waals surface area contributed by atoms with Crippen molar-refractivity contribution in [2.45, 2.75) is 76.1 Å². The fourth-order valence-electron chi connectivity index (χ4n) is 8.14.